The second kappa shape index (κ2) is 3.97. The molecule has 0 saturated carbocycles. The summed E-state index contributed by atoms with van der Waals surface area (Å²) >= 11 is 0. The molecule has 1 heteroatoms. The Labute approximate surface area is 76.5 Å². The standard InChI is InChI=1S/C11H21N/c1-5-10-9(2)7-6-8-11(10)12(3)4/h8-10H,5-7H2,1-4H3/t9-,10?/m0/s1. The summed E-state index contributed by atoms with van der Waals surface area (Å²) in [6.07, 6.45) is 6.33. The van der Waals surface area contributed by atoms with E-state index in [0.29, 0.717) is 0 Å². The monoisotopic (exact) mass is 167 g/mol. The van der Waals surface area contributed by atoms with Gasteiger partial charge in [0.25, 0.3) is 0 Å². The Balaban J connectivity index is 2.74. The third-order valence-corrected chi connectivity index (χ3v) is 3.00. The molecule has 0 aromatic heterocycles. The molecule has 70 valence electrons. The topological polar surface area (TPSA) is 3.24 Å². The van der Waals surface area contributed by atoms with E-state index in [0.717, 1.165) is 11.8 Å². The van der Waals surface area contributed by atoms with Gasteiger partial charge in [0.2, 0.25) is 0 Å². The van der Waals surface area contributed by atoms with Gasteiger partial charge in [0.1, 0.15) is 0 Å². The van der Waals surface area contributed by atoms with Crippen LogP contribution >= 0.6 is 0 Å². The molecule has 1 aliphatic carbocycles. The summed E-state index contributed by atoms with van der Waals surface area (Å²) in [6.45, 7) is 4.68. The number of hydrogen-bond acceptors (Lipinski definition) is 1. The van der Waals surface area contributed by atoms with Gasteiger partial charge in [0.15, 0.2) is 0 Å². The van der Waals surface area contributed by atoms with Crippen molar-refractivity contribution in [3.8, 4) is 0 Å². The molecule has 0 aliphatic heterocycles. The molecular weight excluding hydrogens is 146 g/mol. The van der Waals surface area contributed by atoms with Gasteiger partial charge in [-0.15, -0.1) is 0 Å². The van der Waals surface area contributed by atoms with Crippen molar-refractivity contribution in [3.63, 3.8) is 0 Å². The lowest BCUT2D eigenvalue weighted by atomic mass is 9.81. The normalized spacial score (nSPS) is 29.8. The van der Waals surface area contributed by atoms with E-state index in [1.165, 1.54) is 19.3 Å². The Kier molecular flexibility index (Phi) is 3.19. The highest BCUT2D eigenvalue weighted by Gasteiger charge is 2.23. The quantitative estimate of drug-likeness (QED) is 0.611. The van der Waals surface area contributed by atoms with Crippen LogP contribution in [0.1, 0.15) is 33.1 Å². The highest BCUT2D eigenvalue weighted by Crippen LogP contribution is 2.33. The molecular formula is C11H21N. The van der Waals surface area contributed by atoms with Gasteiger partial charge in [-0.2, -0.15) is 0 Å². The number of allylic oxidation sites excluding steroid dienone is 2. The summed E-state index contributed by atoms with van der Waals surface area (Å²) in [4.78, 5) is 2.28. The molecule has 0 fully saturated rings. The van der Waals surface area contributed by atoms with Crippen LogP contribution in [0.2, 0.25) is 0 Å². The van der Waals surface area contributed by atoms with Crippen LogP contribution in [0.4, 0.5) is 0 Å². The molecule has 0 bridgehead atoms. The van der Waals surface area contributed by atoms with Gasteiger partial charge >= 0.3 is 0 Å². The van der Waals surface area contributed by atoms with Crippen LogP contribution in [0.25, 0.3) is 0 Å². The smallest absolute Gasteiger partial charge is 0.0121 e. The van der Waals surface area contributed by atoms with E-state index in [1.54, 1.807) is 5.70 Å². The van der Waals surface area contributed by atoms with Crippen molar-refractivity contribution < 1.29 is 0 Å². The minimum absolute atomic E-state index is 0.800. The molecule has 0 saturated heterocycles. The first-order valence-corrected chi connectivity index (χ1v) is 5.04. The lowest BCUT2D eigenvalue weighted by Gasteiger charge is -2.33. The fourth-order valence-electron chi connectivity index (χ4n) is 2.26. The van der Waals surface area contributed by atoms with Gasteiger partial charge in [-0.25, -0.2) is 0 Å². The maximum atomic E-state index is 2.41. The SMILES string of the molecule is CCC1C(N(C)C)=CCC[C@@H]1C. The third kappa shape index (κ3) is 1.82. The van der Waals surface area contributed by atoms with Crippen LogP contribution in [0, 0.1) is 11.8 Å². The van der Waals surface area contributed by atoms with Crippen molar-refractivity contribution in [1.29, 1.82) is 0 Å². The zero-order valence-electron chi connectivity index (χ0n) is 8.80. The van der Waals surface area contributed by atoms with Gasteiger partial charge in [-0.05, 0) is 25.2 Å². The Morgan fingerprint density at radius 3 is 2.58 bits per heavy atom. The molecule has 0 amide bonds. The van der Waals surface area contributed by atoms with Gasteiger partial charge < -0.3 is 4.90 Å². The lowest BCUT2D eigenvalue weighted by molar-refractivity contribution is 0.289. The van der Waals surface area contributed by atoms with Gasteiger partial charge in [0.05, 0.1) is 0 Å². The molecule has 0 aromatic carbocycles. The van der Waals surface area contributed by atoms with Gasteiger partial charge in [-0.3, -0.25) is 0 Å². The summed E-state index contributed by atoms with van der Waals surface area (Å²) in [5.41, 5.74) is 1.55. The zero-order chi connectivity index (χ0) is 9.14. The van der Waals surface area contributed by atoms with E-state index in [4.69, 9.17) is 0 Å². The minimum atomic E-state index is 0.800. The summed E-state index contributed by atoms with van der Waals surface area (Å²) < 4.78 is 0. The second-order valence-corrected chi connectivity index (χ2v) is 4.09. The Hall–Kier alpha value is -0.460. The van der Waals surface area contributed by atoms with Crippen molar-refractivity contribution in [2.45, 2.75) is 33.1 Å². The molecule has 12 heavy (non-hydrogen) atoms. The fourth-order valence-corrected chi connectivity index (χ4v) is 2.26. The first kappa shape index (κ1) is 9.63. The molecule has 1 unspecified atom stereocenters. The predicted molar refractivity (Wildman–Crippen MR) is 53.9 cm³/mol. The van der Waals surface area contributed by atoms with E-state index in [2.05, 4.69) is 38.9 Å². The Morgan fingerprint density at radius 1 is 1.50 bits per heavy atom. The Morgan fingerprint density at radius 2 is 2.17 bits per heavy atom. The molecule has 2 atom stereocenters. The molecule has 0 spiro atoms. The number of hydrogen-bond donors (Lipinski definition) is 0. The first-order valence-electron chi connectivity index (χ1n) is 5.04. The van der Waals surface area contributed by atoms with Crippen LogP contribution in [0.5, 0.6) is 0 Å². The molecule has 0 N–H and O–H groups in total. The van der Waals surface area contributed by atoms with Crippen molar-refractivity contribution in [2.75, 3.05) is 14.1 Å². The zero-order valence-corrected chi connectivity index (χ0v) is 8.80. The molecule has 1 nitrogen and oxygen atoms in total. The molecule has 0 aromatic rings. The summed E-state index contributed by atoms with van der Waals surface area (Å²) in [5, 5.41) is 0. The van der Waals surface area contributed by atoms with Crippen LogP contribution in [-0.2, 0) is 0 Å². The lowest BCUT2D eigenvalue weighted by Crippen LogP contribution is -2.26. The summed E-state index contributed by atoms with van der Waals surface area (Å²) in [6, 6.07) is 0. The first-order chi connectivity index (χ1) is 5.66. The van der Waals surface area contributed by atoms with E-state index in [9.17, 15) is 0 Å². The van der Waals surface area contributed by atoms with E-state index in [-0.39, 0.29) is 0 Å². The van der Waals surface area contributed by atoms with Crippen molar-refractivity contribution in [2.24, 2.45) is 11.8 Å². The molecule has 1 rings (SSSR count). The maximum Gasteiger partial charge on any atom is 0.0121 e. The number of nitrogens with zero attached hydrogens (tertiary/aromatic N) is 1. The molecule has 0 heterocycles. The minimum Gasteiger partial charge on any atom is -0.381 e. The highest BCUT2D eigenvalue weighted by molar-refractivity contribution is 5.09. The highest BCUT2D eigenvalue weighted by atomic mass is 15.1. The van der Waals surface area contributed by atoms with Crippen molar-refractivity contribution >= 4 is 0 Å². The predicted octanol–water partition coefficient (Wildman–Crippen LogP) is 2.89. The number of rotatable bonds is 2. The van der Waals surface area contributed by atoms with Crippen LogP contribution in [-0.4, -0.2) is 19.0 Å². The average Bonchev–Trinajstić information content (AvgIpc) is 2.03. The third-order valence-electron chi connectivity index (χ3n) is 3.00. The Bertz CT molecular complexity index is 170. The van der Waals surface area contributed by atoms with E-state index < -0.39 is 0 Å². The van der Waals surface area contributed by atoms with Gasteiger partial charge in [0, 0.05) is 25.7 Å². The van der Waals surface area contributed by atoms with Crippen LogP contribution in [0.3, 0.4) is 0 Å². The van der Waals surface area contributed by atoms with E-state index in [1.807, 2.05) is 0 Å². The van der Waals surface area contributed by atoms with E-state index >= 15 is 0 Å². The molecule has 0 radical (unpaired) electrons. The average molecular weight is 167 g/mol. The second-order valence-electron chi connectivity index (χ2n) is 4.09. The van der Waals surface area contributed by atoms with Crippen molar-refractivity contribution in [1.82, 2.24) is 4.90 Å². The maximum absolute atomic E-state index is 2.41. The van der Waals surface area contributed by atoms with Crippen LogP contribution in [0.15, 0.2) is 11.8 Å². The van der Waals surface area contributed by atoms with Crippen LogP contribution < -0.4 is 0 Å². The van der Waals surface area contributed by atoms with Crippen molar-refractivity contribution in [3.05, 3.63) is 11.8 Å². The summed E-state index contributed by atoms with van der Waals surface area (Å²) in [7, 11) is 4.32. The molecule has 1 aliphatic rings. The summed E-state index contributed by atoms with van der Waals surface area (Å²) in [5.74, 6) is 1.67. The largest absolute Gasteiger partial charge is 0.381 e. The fraction of sp³-hybridized carbons (Fsp3) is 0.818. The van der Waals surface area contributed by atoms with Gasteiger partial charge in [-0.1, -0.05) is 19.9 Å².